The monoisotopic (exact) mass is 250 g/mol. The molecule has 0 spiro atoms. The summed E-state index contributed by atoms with van der Waals surface area (Å²) in [7, 11) is 3.64. The number of aliphatic carboxylic acids is 1. The Kier molecular flexibility index (Phi) is 3.60. The van der Waals surface area contributed by atoms with Crippen LogP contribution in [0.3, 0.4) is 0 Å². The lowest BCUT2D eigenvalue weighted by molar-refractivity contribution is -0.135. The van der Waals surface area contributed by atoms with Gasteiger partial charge < -0.3 is 19.6 Å². The maximum Gasteiger partial charge on any atom is 0.323 e. The Hall–Kier alpha value is -1.91. The van der Waals surface area contributed by atoms with E-state index in [2.05, 4.69) is 4.90 Å². The number of rotatable bonds is 3. The summed E-state index contributed by atoms with van der Waals surface area (Å²) in [6.07, 6.45) is 0.945. The smallest absolute Gasteiger partial charge is 0.323 e. The number of carbonyl (C=O) groups is 1. The van der Waals surface area contributed by atoms with Crippen LogP contribution in [0.2, 0.25) is 0 Å². The first-order chi connectivity index (χ1) is 8.61. The molecule has 1 N–H and O–H groups in total. The Bertz CT molecular complexity index is 448. The highest BCUT2D eigenvalue weighted by molar-refractivity contribution is 5.80. The van der Waals surface area contributed by atoms with E-state index in [9.17, 15) is 4.79 Å². The number of anilines is 2. The molecule has 0 aliphatic carbocycles. The molecule has 0 fully saturated rings. The summed E-state index contributed by atoms with van der Waals surface area (Å²) < 4.78 is 5.22. The van der Waals surface area contributed by atoms with Crippen molar-refractivity contribution in [3.8, 4) is 5.75 Å². The molecule has 1 aliphatic heterocycles. The fourth-order valence-corrected chi connectivity index (χ4v) is 2.27. The number of fused-ring (bicyclic) bond motifs is 1. The number of methoxy groups -OCH3 is 1. The van der Waals surface area contributed by atoms with Crippen LogP contribution in [0.5, 0.6) is 5.75 Å². The van der Waals surface area contributed by atoms with E-state index in [1.54, 1.807) is 7.11 Å². The molecule has 2 rings (SSSR count). The Morgan fingerprint density at radius 2 is 2.17 bits per heavy atom. The predicted molar refractivity (Wildman–Crippen MR) is 70.7 cm³/mol. The number of carboxylic acid groups (broad SMARTS) is 1. The topological polar surface area (TPSA) is 53.0 Å². The number of hydrogen-bond acceptors (Lipinski definition) is 4. The zero-order valence-corrected chi connectivity index (χ0v) is 10.7. The minimum absolute atomic E-state index is 0.0218. The summed E-state index contributed by atoms with van der Waals surface area (Å²) in [5.74, 6) is -0.0623. The zero-order valence-electron chi connectivity index (χ0n) is 10.7. The molecule has 0 atom stereocenters. The number of nitrogens with zero attached hydrogens (tertiary/aromatic N) is 2. The van der Waals surface area contributed by atoms with Gasteiger partial charge in [0, 0.05) is 26.2 Å². The highest BCUT2D eigenvalue weighted by Gasteiger charge is 2.20. The van der Waals surface area contributed by atoms with Crippen molar-refractivity contribution in [2.24, 2.45) is 0 Å². The fraction of sp³-hybridized carbons (Fsp3) is 0.462. The molecule has 18 heavy (non-hydrogen) atoms. The molecule has 0 saturated heterocycles. The van der Waals surface area contributed by atoms with Crippen LogP contribution >= 0.6 is 0 Å². The molecule has 1 aromatic rings. The van der Waals surface area contributed by atoms with Crippen LogP contribution in [0.15, 0.2) is 18.2 Å². The quantitative estimate of drug-likeness (QED) is 0.879. The van der Waals surface area contributed by atoms with Crippen LogP contribution in [0, 0.1) is 0 Å². The Morgan fingerprint density at radius 1 is 1.39 bits per heavy atom. The van der Waals surface area contributed by atoms with E-state index in [0.29, 0.717) is 0 Å². The lowest BCUT2D eigenvalue weighted by Gasteiger charge is -2.24. The number of benzene rings is 1. The zero-order chi connectivity index (χ0) is 13.1. The van der Waals surface area contributed by atoms with Gasteiger partial charge in [0.15, 0.2) is 0 Å². The Balaban J connectivity index is 2.41. The van der Waals surface area contributed by atoms with Gasteiger partial charge in [0.05, 0.1) is 18.5 Å². The molecule has 0 bridgehead atoms. The average molecular weight is 250 g/mol. The summed E-state index contributed by atoms with van der Waals surface area (Å²) in [5, 5.41) is 8.99. The van der Waals surface area contributed by atoms with Crippen molar-refractivity contribution in [1.82, 2.24) is 0 Å². The number of hydrogen-bond donors (Lipinski definition) is 1. The number of ether oxygens (including phenoxy) is 1. The van der Waals surface area contributed by atoms with Crippen molar-refractivity contribution < 1.29 is 14.6 Å². The second-order valence-electron chi connectivity index (χ2n) is 4.45. The number of carboxylic acids is 1. The van der Waals surface area contributed by atoms with Crippen LogP contribution in [0.4, 0.5) is 11.4 Å². The lowest BCUT2D eigenvalue weighted by Crippen LogP contribution is -2.30. The van der Waals surface area contributed by atoms with Gasteiger partial charge >= 0.3 is 5.97 Å². The average Bonchev–Trinajstić information content (AvgIpc) is 2.49. The minimum atomic E-state index is -0.812. The molecule has 0 aromatic heterocycles. The Morgan fingerprint density at radius 3 is 2.83 bits per heavy atom. The molecular weight excluding hydrogens is 232 g/mol. The van der Waals surface area contributed by atoms with Crippen LogP contribution in [0.1, 0.15) is 6.42 Å². The standard InChI is InChI=1S/C13H18N2O3/c1-14-6-3-7-15(9-13(16)17)12-8-10(18-2)4-5-11(12)14/h4-5,8H,3,6-7,9H2,1-2H3,(H,16,17). The van der Waals surface area contributed by atoms with Crippen LogP contribution < -0.4 is 14.5 Å². The van der Waals surface area contributed by atoms with Gasteiger partial charge in [-0.1, -0.05) is 0 Å². The van der Waals surface area contributed by atoms with E-state index < -0.39 is 5.97 Å². The summed E-state index contributed by atoms with van der Waals surface area (Å²) >= 11 is 0. The molecule has 98 valence electrons. The van der Waals surface area contributed by atoms with Gasteiger partial charge in [-0.05, 0) is 18.6 Å². The highest BCUT2D eigenvalue weighted by Crippen LogP contribution is 2.34. The first-order valence-corrected chi connectivity index (χ1v) is 5.97. The van der Waals surface area contributed by atoms with E-state index in [-0.39, 0.29) is 6.54 Å². The lowest BCUT2D eigenvalue weighted by atomic mass is 10.2. The van der Waals surface area contributed by atoms with E-state index >= 15 is 0 Å². The van der Waals surface area contributed by atoms with Crippen molar-refractivity contribution in [3.05, 3.63) is 18.2 Å². The molecule has 0 unspecified atom stereocenters. The third kappa shape index (κ3) is 2.50. The van der Waals surface area contributed by atoms with Crippen molar-refractivity contribution in [2.45, 2.75) is 6.42 Å². The van der Waals surface area contributed by atoms with Gasteiger partial charge in [-0.2, -0.15) is 0 Å². The highest BCUT2D eigenvalue weighted by atomic mass is 16.5. The van der Waals surface area contributed by atoms with E-state index in [0.717, 1.165) is 36.6 Å². The third-order valence-electron chi connectivity index (χ3n) is 3.18. The molecule has 0 amide bonds. The minimum Gasteiger partial charge on any atom is -0.497 e. The van der Waals surface area contributed by atoms with Gasteiger partial charge in [0.25, 0.3) is 0 Å². The molecule has 1 heterocycles. The normalized spacial score (nSPS) is 15.0. The molecule has 1 aliphatic rings. The molecule has 5 nitrogen and oxygen atoms in total. The van der Waals surface area contributed by atoms with Crippen LogP contribution in [-0.2, 0) is 4.79 Å². The van der Waals surface area contributed by atoms with Crippen molar-refractivity contribution in [1.29, 1.82) is 0 Å². The van der Waals surface area contributed by atoms with Gasteiger partial charge in [-0.15, -0.1) is 0 Å². The molecule has 0 saturated carbocycles. The first kappa shape index (κ1) is 12.5. The largest absolute Gasteiger partial charge is 0.497 e. The van der Waals surface area contributed by atoms with Crippen molar-refractivity contribution in [3.63, 3.8) is 0 Å². The Labute approximate surface area is 107 Å². The van der Waals surface area contributed by atoms with Crippen LogP contribution in [0.25, 0.3) is 0 Å². The maximum absolute atomic E-state index is 10.9. The second kappa shape index (κ2) is 5.16. The maximum atomic E-state index is 10.9. The SMILES string of the molecule is COc1ccc2c(c1)N(CC(=O)O)CCCN2C. The van der Waals surface area contributed by atoms with Crippen molar-refractivity contribution in [2.75, 3.05) is 43.6 Å². The first-order valence-electron chi connectivity index (χ1n) is 5.97. The molecule has 1 aromatic carbocycles. The van der Waals surface area contributed by atoms with Gasteiger partial charge in [0.2, 0.25) is 0 Å². The third-order valence-corrected chi connectivity index (χ3v) is 3.18. The second-order valence-corrected chi connectivity index (χ2v) is 4.45. The van der Waals surface area contributed by atoms with E-state index in [1.165, 1.54) is 0 Å². The van der Waals surface area contributed by atoms with E-state index in [4.69, 9.17) is 9.84 Å². The molecule has 5 heteroatoms. The summed E-state index contributed by atoms with van der Waals surface area (Å²) in [6, 6.07) is 5.79. The van der Waals surface area contributed by atoms with E-state index in [1.807, 2.05) is 30.1 Å². The van der Waals surface area contributed by atoms with Gasteiger partial charge in [0.1, 0.15) is 12.3 Å². The van der Waals surface area contributed by atoms with Crippen molar-refractivity contribution >= 4 is 17.3 Å². The van der Waals surface area contributed by atoms with Gasteiger partial charge in [-0.3, -0.25) is 4.79 Å². The predicted octanol–water partition coefficient (Wildman–Crippen LogP) is 1.43. The fourth-order valence-electron chi connectivity index (χ4n) is 2.27. The summed E-state index contributed by atoms with van der Waals surface area (Å²) in [6.45, 7) is 1.69. The van der Waals surface area contributed by atoms with Gasteiger partial charge in [-0.25, -0.2) is 0 Å². The molecular formula is C13H18N2O3. The summed E-state index contributed by atoms with van der Waals surface area (Å²) in [5.41, 5.74) is 1.98. The van der Waals surface area contributed by atoms with Crippen LogP contribution in [-0.4, -0.2) is 44.9 Å². The summed E-state index contributed by atoms with van der Waals surface area (Å²) in [4.78, 5) is 15.0. The molecule has 0 radical (unpaired) electrons.